The van der Waals surface area contributed by atoms with Gasteiger partial charge in [-0.2, -0.15) is 0 Å². The van der Waals surface area contributed by atoms with Crippen LogP contribution < -0.4 is 10.5 Å². The SMILES string of the molecule is COc1ccc(Cl)c(O)c1[C@H](N)CC1CC1. The van der Waals surface area contributed by atoms with Crippen molar-refractivity contribution in [3.05, 3.63) is 22.7 Å². The molecule has 0 unspecified atom stereocenters. The van der Waals surface area contributed by atoms with E-state index >= 15 is 0 Å². The molecule has 1 atom stereocenters. The van der Waals surface area contributed by atoms with Crippen molar-refractivity contribution in [3.63, 3.8) is 0 Å². The molecular formula is C12H16ClNO2. The Morgan fingerprint density at radius 2 is 2.25 bits per heavy atom. The van der Waals surface area contributed by atoms with Crippen LogP contribution in [0.1, 0.15) is 30.9 Å². The zero-order valence-corrected chi connectivity index (χ0v) is 10.00. The van der Waals surface area contributed by atoms with E-state index in [1.165, 1.54) is 12.8 Å². The maximum absolute atomic E-state index is 9.92. The summed E-state index contributed by atoms with van der Waals surface area (Å²) in [5.41, 5.74) is 6.71. The molecule has 1 aromatic rings. The van der Waals surface area contributed by atoms with Crippen molar-refractivity contribution in [1.29, 1.82) is 0 Å². The Labute approximate surface area is 100 Å². The third-order valence-corrected chi connectivity index (χ3v) is 3.31. The number of hydrogen-bond donors (Lipinski definition) is 2. The average Bonchev–Trinajstić information content (AvgIpc) is 3.05. The minimum absolute atomic E-state index is 0.0502. The Bertz CT molecular complexity index is 391. The van der Waals surface area contributed by atoms with E-state index in [0.717, 1.165) is 6.42 Å². The van der Waals surface area contributed by atoms with Crippen LogP contribution in [0.4, 0.5) is 0 Å². The Morgan fingerprint density at radius 1 is 1.56 bits per heavy atom. The summed E-state index contributed by atoms with van der Waals surface area (Å²) >= 11 is 5.88. The lowest BCUT2D eigenvalue weighted by Gasteiger charge is -2.17. The van der Waals surface area contributed by atoms with Gasteiger partial charge in [-0.05, 0) is 24.5 Å². The van der Waals surface area contributed by atoms with Gasteiger partial charge in [0.25, 0.3) is 0 Å². The van der Waals surface area contributed by atoms with Gasteiger partial charge < -0.3 is 15.6 Å². The lowest BCUT2D eigenvalue weighted by molar-refractivity contribution is 0.389. The molecule has 3 N–H and O–H groups in total. The van der Waals surface area contributed by atoms with Crippen molar-refractivity contribution in [1.82, 2.24) is 0 Å². The zero-order chi connectivity index (χ0) is 11.7. The molecule has 0 aliphatic heterocycles. The molecule has 4 heteroatoms. The predicted octanol–water partition coefficient (Wildman–Crippen LogP) is 2.85. The number of phenolic OH excluding ortho intramolecular Hbond substituents is 1. The first-order chi connectivity index (χ1) is 7.63. The Morgan fingerprint density at radius 3 is 2.81 bits per heavy atom. The molecule has 0 aromatic heterocycles. The van der Waals surface area contributed by atoms with Crippen molar-refractivity contribution in [2.45, 2.75) is 25.3 Å². The molecule has 0 radical (unpaired) electrons. The number of rotatable bonds is 4. The largest absolute Gasteiger partial charge is 0.506 e. The molecule has 1 aliphatic carbocycles. The lowest BCUT2D eigenvalue weighted by atomic mass is 10.00. The molecule has 1 aliphatic rings. The van der Waals surface area contributed by atoms with E-state index in [2.05, 4.69) is 0 Å². The van der Waals surface area contributed by atoms with E-state index in [1.807, 2.05) is 0 Å². The summed E-state index contributed by atoms with van der Waals surface area (Å²) in [7, 11) is 1.57. The third-order valence-electron chi connectivity index (χ3n) is 3.00. The number of ether oxygens (including phenoxy) is 1. The highest BCUT2D eigenvalue weighted by Gasteiger charge is 2.27. The van der Waals surface area contributed by atoms with Crippen LogP contribution in [0.5, 0.6) is 11.5 Å². The summed E-state index contributed by atoms with van der Waals surface area (Å²) in [6.45, 7) is 0. The van der Waals surface area contributed by atoms with Gasteiger partial charge in [0.15, 0.2) is 0 Å². The summed E-state index contributed by atoms with van der Waals surface area (Å²) in [6.07, 6.45) is 3.35. The summed E-state index contributed by atoms with van der Waals surface area (Å²) in [5, 5.41) is 10.2. The average molecular weight is 242 g/mol. The summed E-state index contributed by atoms with van der Waals surface area (Å²) in [6, 6.07) is 3.15. The maximum Gasteiger partial charge on any atom is 0.142 e. The van der Waals surface area contributed by atoms with Gasteiger partial charge in [-0.1, -0.05) is 24.4 Å². The topological polar surface area (TPSA) is 55.5 Å². The number of aromatic hydroxyl groups is 1. The van der Waals surface area contributed by atoms with Crippen LogP contribution in [-0.4, -0.2) is 12.2 Å². The molecule has 1 saturated carbocycles. The number of halogens is 1. The molecule has 0 saturated heterocycles. The van der Waals surface area contributed by atoms with Crippen LogP contribution in [0.25, 0.3) is 0 Å². The number of methoxy groups -OCH3 is 1. The summed E-state index contributed by atoms with van der Waals surface area (Å²) in [5.74, 6) is 1.35. The quantitative estimate of drug-likeness (QED) is 0.852. The van der Waals surface area contributed by atoms with Crippen LogP contribution in [0.3, 0.4) is 0 Å². The molecule has 0 bridgehead atoms. The van der Waals surface area contributed by atoms with Crippen molar-refractivity contribution in [2.24, 2.45) is 11.7 Å². The first-order valence-electron chi connectivity index (χ1n) is 5.44. The lowest BCUT2D eigenvalue weighted by Crippen LogP contribution is -2.12. The normalized spacial score (nSPS) is 17.2. The second kappa shape index (κ2) is 4.52. The van der Waals surface area contributed by atoms with Gasteiger partial charge in [-0.25, -0.2) is 0 Å². The fraction of sp³-hybridized carbons (Fsp3) is 0.500. The van der Waals surface area contributed by atoms with E-state index in [4.69, 9.17) is 22.1 Å². The summed E-state index contributed by atoms with van der Waals surface area (Å²) in [4.78, 5) is 0. The minimum Gasteiger partial charge on any atom is -0.506 e. The van der Waals surface area contributed by atoms with Crippen LogP contribution in [0, 0.1) is 5.92 Å². The van der Waals surface area contributed by atoms with Gasteiger partial charge in [-0.15, -0.1) is 0 Å². The fourth-order valence-corrected chi connectivity index (χ4v) is 2.09. The highest BCUT2D eigenvalue weighted by molar-refractivity contribution is 6.32. The number of phenols is 1. The van der Waals surface area contributed by atoms with Crippen molar-refractivity contribution >= 4 is 11.6 Å². The standard InChI is InChI=1S/C12H16ClNO2/c1-16-10-5-4-8(13)12(15)11(10)9(14)6-7-2-3-7/h4-5,7,9,15H,2-3,6,14H2,1H3/t9-/m1/s1. The molecule has 2 rings (SSSR count). The Kier molecular flexibility index (Phi) is 3.26. The van der Waals surface area contributed by atoms with Crippen molar-refractivity contribution in [3.8, 4) is 11.5 Å². The molecule has 16 heavy (non-hydrogen) atoms. The smallest absolute Gasteiger partial charge is 0.142 e. The molecule has 0 amide bonds. The zero-order valence-electron chi connectivity index (χ0n) is 9.24. The van der Waals surface area contributed by atoms with Gasteiger partial charge >= 0.3 is 0 Å². The van der Waals surface area contributed by atoms with E-state index in [0.29, 0.717) is 22.3 Å². The molecule has 3 nitrogen and oxygen atoms in total. The second-order valence-corrected chi connectivity index (χ2v) is 4.70. The van der Waals surface area contributed by atoms with E-state index < -0.39 is 0 Å². The summed E-state index contributed by atoms with van der Waals surface area (Å²) < 4.78 is 5.21. The monoisotopic (exact) mass is 241 g/mol. The van der Waals surface area contributed by atoms with E-state index in [9.17, 15) is 5.11 Å². The van der Waals surface area contributed by atoms with E-state index in [-0.39, 0.29) is 11.8 Å². The predicted molar refractivity (Wildman–Crippen MR) is 63.9 cm³/mol. The minimum atomic E-state index is -0.207. The van der Waals surface area contributed by atoms with Gasteiger partial charge in [0.05, 0.1) is 17.7 Å². The first-order valence-corrected chi connectivity index (χ1v) is 5.82. The maximum atomic E-state index is 9.92. The van der Waals surface area contributed by atoms with Crippen LogP contribution in [-0.2, 0) is 0 Å². The Balaban J connectivity index is 2.31. The number of benzene rings is 1. The van der Waals surface area contributed by atoms with Gasteiger partial charge in [0.1, 0.15) is 11.5 Å². The number of nitrogens with two attached hydrogens (primary N) is 1. The van der Waals surface area contributed by atoms with Crippen molar-refractivity contribution < 1.29 is 9.84 Å². The molecule has 88 valence electrons. The molecule has 0 spiro atoms. The van der Waals surface area contributed by atoms with Gasteiger partial charge in [0, 0.05) is 6.04 Å². The van der Waals surface area contributed by atoms with Crippen LogP contribution in [0.15, 0.2) is 12.1 Å². The third kappa shape index (κ3) is 2.25. The highest BCUT2D eigenvalue weighted by atomic mass is 35.5. The molecule has 1 aromatic carbocycles. The van der Waals surface area contributed by atoms with Crippen LogP contribution >= 0.6 is 11.6 Å². The molecular weight excluding hydrogens is 226 g/mol. The molecule has 0 heterocycles. The second-order valence-electron chi connectivity index (χ2n) is 4.30. The fourth-order valence-electron chi connectivity index (χ4n) is 1.93. The molecule has 1 fully saturated rings. The van der Waals surface area contributed by atoms with Crippen LogP contribution in [0.2, 0.25) is 5.02 Å². The highest BCUT2D eigenvalue weighted by Crippen LogP contribution is 2.43. The van der Waals surface area contributed by atoms with Gasteiger partial charge in [0.2, 0.25) is 0 Å². The van der Waals surface area contributed by atoms with Crippen molar-refractivity contribution in [2.75, 3.05) is 7.11 Å². The first kappa shape index (κ1) is 11.6. The number of hydrogen-bond acceptors (Lipinski definition) is 3. The Hall–Kier alpha value is -0.930. The van der Waals surface area contributed by atoms with Gasteiger partial charge in [-0.3, -0.25) is 0 Å². The van der Waals surface area contributed by atoms with E-state index in [1.54, 1.807) is 19.2 Å².